The monoisotopic (exact) mass is 236 g/mol. The van der Waals surface area contributed by atoms with Gasteiger partial charge < -0.3 is 0 Å². The van der Waals surface area contributed by atoms with Crippen LogP contribution >= 0.6 is 0 Å². The number of allylic oxidation sites excluding steroid dienone is 2. The van der Waals surface area contributed by atoms with Crippen LogP contribution in [-0.4, -0.2) is 0 Å². The fourth-order valence-corrected chi connectivity index (χ4v) is 1.97. The zero-order valence-electron chi connectivity index (χ0n) is 11.2. The van der Waals surface area contributed by atoms with Gasteiger partial charge in [-0.3, -0.25) is 0 Å². The predicted molar refractivity (Wildman–Crippen MR) is 79.8 cm³/mol. The first kappa shape index (κ1) is 12.6. The first-order valence-corrected chi connectivity index (χ1v) is 6.60. The topological polar surface area (TPSA) is 0 Å². The van der Waals surface area contributed by atoms with Crippen molar-refractivity contribution in [2.24, 2.45) is 0 Å². The predicted octanol–water partition coefficient (Wildman–Crippen LogP) is 5.17. The van der Waals surface area contributed by atoms with E-state index in [1.807, 2.05) is 0 Å². The van der Waals surface area contributed by atoms with Gasteiger partial charge in [0.05, 0.1) is 0 Å². The SMILES string of the molecule is CC/C=C\Cc1ccc(-c2ccc(C)cc2)cc1. The Labute approximate surface area is 110 Å². The van der Waals surface area contributed by atoms with Crippen LogP contribution in [0.5, 0.6) is 0 Å². The minimum atomic E-state index is 1.03. The van der Waals surface area contributed by atoms with E-state index in [-0.39, 0.29) is 0 Å². The van der Waals surface area contributed by atoms with E-state index in [4.69, 9.17) is 0 Å². The second kappa shape index (κ2) is 6.20. The molecular formula is C18H20. The van der Waals surface area contributed by atoms with Crippen molar-refractivity contribution in [2.75, 3.05) is 0 Å². The highest BCUT2D eigenvalue weighted by Gasteiger charge is 1.97. The van der Waals surface area contributed by atoms with Gasteiger partial charge in [0.1, 0.15) is 0 Å². The lowest BCUT2D eigenvalue weighted by molar-refractivity contribution is 1.18. The van der Waals surface area contributed by atoms with E-state index in [1.54, 1.807) is 0 Å². The normalized spacial score (nSPS) is 11.0. The van der Waals surface area contributed by atoms with Gasteiger partial charge in [-0.1, -0.05) is 73.2 Å². The van der Waals surface area contributed by atoms with Crippen LogP contribution in [-0.2, 0) is 6.42 Å². The molecule has 0 heteroatoms. The lowest BCUT2D eigenvalue weighted by atomic mass is 10.0. The first-order valence-electron chi connectivity index (χ1n) is 6.60. The van der Waals surface area contributed by atoms with Gasteiger partial charge in [0.25, 0.3) is 0 Å². The van der Waals surface area contributed by atoms with Crippen LogP contribution in [0, 0.1) is 6.92 Å². The molecule has 0 saturated heterocycles. The Kier molecular flexibility index (Phi) is 4.35. The second-order valence-electron chi connectivity index (χ2n) is 4.65. The molecule has 0 nitrogen and oxygen atoms in total. The van der Waals surface area contributed by atoms with E-state index >= 15 is 0 Å². The van der Waals surface area contributed by atoms with E-state index in [9.17, 15) is 0 Å². The number of hydrogen-bond acceptors (Lipinski definition) is 0. The summed E-state index contributed by atoms with van der Waals surface area (Å²) in [5, 5.41) is 0. The van der Waals surface area contributed by atoms with Crippen LogP contribution in [0.1, 0.15) is 24.5 Å². The van der Waals surface area contributed by atoms with Gasteiger partial charge in [-0.15, -0.1) is 0 Å². The third kappa shape index (κ3) is 3.33. The number of benzene rings is 2. The largest absolute Gasteiger partial charge is 0.0885 e. The Hall–Kier alpha value is -1.82. The van der Waals surface area contributed by atoms with Crippen LogP contribution < -0.4 is 0 Å². The summed E-state index contributed by atoms with van der Waals surface area (Å²) in [7, 11) is 0. The van der Waals surface area contributed by atoms with Crippen molar-refractivity contribution >= 4 is 0 Å². The highest BCUT2D eigenvalue weighted by Crippen LogP contribution is 2.20. The molecule has 0 aliphatic heterocycles. The Balaban J connectivity index is 2.12. The summed E-state index contributed by atoms with van der Waals surface area (Å²) in [5.41, 5.74) is 5.25. The molecule has 0 N–H and O–H groups in total. The molecular weight excluding hydrogens is 216 g/mol. The van der Waals surface area contributed by atoms with Gasteiger partial charge >= 0.3 is 0 Å². The number of rotatable bonds is 4. The molecule has 0 bridgehead atoms. The standard InChI is InChI=1S/C18H20/c1-3-4-5-6-16-9-13-18(14-10-16)17-11-7-15(2)8-12-17/h4-5,7-14H,3,6H2,1-2H3/b5-4-. The summed E-state index contributed by atoms with van der Waals surface area (Å²) in [4.78, 5) is 0. The lowest BCUT2D eigenvalue weighted by Gasteiger charge is -2.03. The third-order valence-electron chi connectivity index (χ3n) is 3.09. The van der Waals surface area contributed by atoms with E-state index < -0.39 is 0 Å². The summed E-state index contributed by atoms with van der Waals surface area (Å²) in [6, 6.07) is 17.5. The molecule has 0 heterocycles. The smallest absolute Gasteiger partial charge is 0.00975 e. The maximum atomic E-state index is 2.24. The van der Waals surface area contributed by atoms with Gasteiger partial charge in [-0.2, -0.15) is 0 Å². The molecule has 0 atom stereocenters. The molecule has 0 saturated carbocycles. The molecule has 0 amide bonds. The Morgan fingerprint density at radius 3 is 1.89 bits per heavy atom. The highest BCUT2D eigenvalue weighted by molar-refractivity contribution is 5.63. The molecule has 2 rings (SSSR count). The van der Waals surface area contributed by atoms with Gasteiger partial charge in [-0.05, 0) is 36.5 Å². The summed E-state index contributed by atoms with van der Waals surface area (Å²) >= 11 is 0. The minimum Gasteiger partial charge on any atom is -0.0885 e. The van der Waals surface area contributed by atoms with E-state index in [0.717, 1.165) is 12.8 Å². The van der Waals surface area contributed by atoms with E-state index in [1.165, 1.54) is 22.3 Å². The molecule has 0 spiro atoms. The van der Waals surface area contributed by atoms with Crippen molar-refractivity contribution in [3.63, 3.8) is 0 Å². The molecule has 0 aliphatic rings. The molecule has 92 valence electrons. The number of aryl methyl sites for hydroxylation is 1. The average molecular weight is 236 g/mol. The second-order valence-corrected chi connectivity index (χ2v) is 4.65. The fraction of sp³-hybridized carbons (Fsp3) is 0.222. The van der Waals surface area contributed by atoms with Crippen LogP contribution in [0.2, 0.25) is 0 Å². The van der Waals surface area contributed by atoms with Crippen LogP contribution in [0.25, 0.3) is 11.1 Å². The quantitative estimate of drug-likeness (QED) is 0.642. The van der Waals surface area contributed by atoms with Crippen LogP contribution in [0.4, 0.5) is 0 Å². The van der Waals surface area contributed by atoms with Crippen molar-refractivity contribution in [2.45, 2.75) is 26.7 Å². The molecule has 0 unspecified atom stereocenters. The zero-order chi connectivity index (χ0) is 12.8. The summed E-state index contributed by atoms with van der Waals surface area (Å²) < 4.78 is 0. The van der Waals surface area contributed by atoms with Crippen molar-refractivity contribution in [3.05, 3.63) is 71.8 Å². The van der Waals surface area contributed by atoms with Gasteiger partial charge in [-0.25, -0.2) is 0 Å². The molecule has 0 fully saturated rings. The minimum absolute atomic E-state index is 1.03. The number of hydrogen-bond donors (Lipinski definition) is 0. The molecule has 2 aromatic carbocycles. The van der Waals surface area contributed by atoms with Crippen molar-refractivity contribution in [3.8, 4) is 11.1 Å². The molecule has 2 aromatic rings. The van der Waals surface area contributed by atoms with Crippen molar-refractivity contribution in [1.82, 2.24) is 0 Å². The summed E-state index contributed by atoms with van der Waals surface area (Å²) in [6.45, 7) is 4.28. The third-order valence-corrected chi connectivity index (χ3v) is 3.09. The van der Waals surface area contributed by atoms with Crippen molar-refractivity contribution in [1.29, 1.82) is 0 Å². The maximum Gasteiger partial charge on any atom is -0.00975 e. The maximum absolute atomic E-state index is 2.24. The Morgan fingerprint density at radius 1 is 0.778 bits per heavy atom. The van der Waals surface area contributed by atoms with Crippen molar-refractivity contribution < 1.29 is 0 Å². The highest BCUT2D eigenvalue weighted by atomic mass is 14.0. The van der Waals surface area contributed by atoms with E-state index in [2.05, 4.69) is 74.5 Å². The fourth-order valence-electron chi connectivity index (χ4n) is 1.97. The van der Waals surface area contributed by atoms with Crippen LogP contribution in [0.15, 0.2) is 60.7 Å². The summed E-state index contributed by atoms with van der Waals surface area (Å²) in [6.07, 6.45) is 6.60. The van der Waals surface area contributed by atoms with E-state index in [0.29, 0.717) is 0 Å². The van der Waals surface area contributed by atoms with Gasteiger partial charge in [0.15, 0.2) is 0 Å². The van der Waals surface area contributed by atoms with Gasteiger partial charge in [0.2, 0.25) is 0 Å². The molecule has 18 heavy (non-hydrogen) atoms. The van der Waals surface area contributed by atoms with Crippen LogP contribution in [0.3, 0.4) is 0 Å². The molecule has 0 radical (unpaired) electrons. The Bertz CT molecular complexity index is 501. The average Bonchev–Trinajstić information content (AvgIpc) is 2.41. The van der Waals surface area contributed by atoms with Gasteiger partial charge in [0, 0.05) is 0 Å². The first-order chi connectivity index (χ1) is 8.79. The zero-order valence-corrected chi connectivity index (χ0v) is 11.2. The molecule has 0 aliphatic carbocycles. The molecule has 0 aromatic heterocycles. The summed E-state index contributed by atoms with van der Waals surface area (Å²) in [5.74, 6) is 0. The lowest BCUT2D eigenvalue weighted by Crippen LogP contribution is -1.83. The Morgan fingerprint density at radius 2 is 1.33 bits per heavy atom.